The van der Waals surface area contributed by atoms with Crippen molar-refractivity contribution in [3.63, 3.8) is 0 Å². The number of nitrogens with one attached hydrogen (secondary N) is 1. The number of nitro groups is 1. The second kappa shape index (κ2) is 7.84. The zero-order valence-corrected chi connectivity index (χ0v) is 13.0. The van der Waals surface area contributed by atoms with Crippen LogP contribution in [0.3, 0.4) is 0 Å². The number of carbonyl (C=O) groups excluding carboxylic acids is 1. The van der Waals surface area contributed by atoms with Gasteiger partial charge in [-0.3, -0.25) is 14.9 Å². The Labute approximate surface area is 125 Å². The van der Waals surface area contributed by atoms with E-state index >= 15 is 0 Å². The van der Waals surface area contributed by atoms with E-state index in [1.165, 1.54) is 18.2 Å². The third-order valence-corrected chi connectivity index (χ3v) is 3.70. The monoisotopic (exact) mass is 344 g/mol. The standard InChI is InChI=1S/C13H17BrN2O4/c1-3-20-12-10(5-4-6-11(12)16(18)19)13(17)15-8-9(2)7-14/h4-6,9H,3,7-8H2,1-2H3,(H,15,17). The summed E-state index contributed by atoms with van der Waals surface area (Å²) in [7, 11) is 0. The number of ether oxygens (including phenoxy) is 1. The first-order valence-corrected chi connectivity index (χ1v) is 7.37. The van der Waals surface area contributed by atoms with Crippen molar-refractivity contribution in [2.24, 2.45) is 5.92 Å². The normalized spacial score (nSPS) is 11.8. The fourth-order valence-electron chi connectivity index (χ4n) is 1.56. The number of rotatable bonds is 7. The molecule has 6 nitrogen and oxygen atoms in total. The van der Waals surface area contributed by atoms with E-state index in [4.69, 9.17) is 4.74 Å². The van der Waals surface area contributed by atoms with Crippen molar-refractivity contribution in [1.82, 2.24) is 5.32 Å². The first-order valence-electron chi connectivity index (χ1n) is 6.25. The lowest BCUT2D eigenvalue weighted by molar-refractivity contribution is -0.385. The highest BCUT2D eigenvalue weighted by atomic mass is 79.9. The van der Waals surface area contributed by atoms with Crippen LogP contribution < -0.4 is 10.1 Å². The zero-order chi connectivity index (χ0) is 15.1. The molecule has 1 atom stereocenters. The van der Waals surface area contributed by atoms with Crippen molar-refractivity contribution in [1.29, 1.82) is 0 Å². The number of nitrogens with zero attached hydrogens (tertiary/aromatic N) is 1. The Balaban J connectivity index is 3.01. The van der Waals surface area contributed by atoms with Crippen molar-refractivity contribution >= 4 is 27.5 Å². The summed E-state index contributed by atoms with van der Waals surface area (Å²) < 4.78 is 5.27. The molecule has 0 bridgehead atoms. The SMILES string of the molecule is CCOc1c(C(=O)NCC(C)CBr)cccc1[N+](=O)[O-]. The van der Waals surface area contributed by atoms with Crippen LogP contribution >= 0.6 is 15.9 Å². The Morgan fingerprint density at radius 3 is 2.80 bits per heavy atom. The first kappa shape index (κ1) is 16.4. The predicted molar refractivity (Wildman–Crippen MR) is 79.6 cm³/mol. The van der Waals surface area contributed by atoms with Crippen LogP contribution in [0.15, 0.2) is 18.2 Å². The molecule has 0 radical (unpaired) electrons. The van der Waals surface area contributed by atoms with E-state index in [1.807, 2.05) is 6.92 Å². The Hall–Kier alpha value is -1.63. The second-order valence-corrected chi connectivity index (χ2v) is 4.96. The molecule has 1 aromatic rings. The van der Waals surface area contributed by atoms with Gasteiger partial charge in [0.05, 0.1) is 17.1 Å². The third kappa shape index (κ3) is 4.19. The van der Waals surface area contributed by atoms with Crippen LogP contribution in [0.4, 0.5) is 5.69 Å². The van der Waals surface area contributed by atoms with E-state index in [9.17, 15) is 14.9 Å². The van der Waals surface area contributed by atoms with Gasteiger partial charge in [-0.1, -0.05) is 28.9 Å². The highest BCUT2D eigenvalue weighted by molar-refractivity contribution is 9.09. The van der Waals surface area contributed by atoms with Gasteiger partial charge < -0.3 is 10.1 Å². The topological polar surface area (TPSA) is 81.5 Å². The van der Waals surface area contributed by atoms with Crippen LogP contribution in [0, 0.1) is 16.0 Å². The number of alkyl halides is 1. The molecular weight excluding hydrogens is 328 g/mol. The van der Waals surface area contributed by atoms with Gasteiger partial charge >= 0.3 is 5.69 Å². The molecule has 0 aliphatic heterocycles. The average Bonchev–Trinajstić information content (AvgIpc) is 2.44. The minimum atomic E-state index is -0.553. The van der Waals surface area contributed by atoms with Crippen molar-refractivity contribution in [2.45, 2.75) is 13.8 Å². The maximum Gasteiger partial charge on any atom is 0.311 e. The molecule has 0 saturated carbocycles. The molecule has 1 N–H and O–H groups in total. The number of benzene rings is 1. The molecule has 110 valence electrons. The number of nitro benzene ring substituents is 1. The van der Waals surface area contributed by atoms with Crippen LogP contribution in [-0.2, 0) is 0 Å². The quantitative estimate of drug-likeness (QED) is 0.468. The Bertz CT molecular complexity index is 493. The van der Waals surface area contributed by atoms with Gasteiger partial charge in [0.2, 0.25) is 5.75 Å². The van der Waals surface area contributed by atoms with E-state index in [1.54, 1.807) is 6.92 Å². The molecule has 1 aromatic carbocycles. The second-order valence-electron chi connectivity index (χ2n) is 4.31. The minimum absolute atomic E-state index is 0.0176. The van der Waals surface area contributed by atoms with E-state index in [-0.39, 0.29) is 35.4 Å². The van der Waals surface area contributed by atoms with E-state index < -0.39 is 4.92 Å². The van der Waals surface area contributed by atoms with Gasteiger partial charge in [0.25, 0.3) is 5.91 Å². The van der Waals surface area contributed by atoms with Gasteiger partial charge in [-0.2, -0.15) is 0 Å². The number of hydrogen-bond acceptors (Lipinski definition) is 4. The fourth-order valence-corrected chi connectivity index (χ4v) is 1.79. The summed E-state index contributed by atoms with van der Waals surface area (Å²) in [5.41, 5.74) is -0.0177. The summed E-state index contributed by atoms with van der Waals surface area (Å²) in [5, 5.41) is 14.5. The van der Waals surface area contributed by atoms with Crippen molar-refractivity contribution in [3.8, 4) is 5.75 Å². The molecule has 1 rings (SSSR count). The van der Waals surface area contributed by atoms with Crippen LogP contribution in [0.1, 0.15) is 24.2 Å². The van der Waals surface area contributed by atoms with E-state index in [2.05, 4.69) is 21.2 Å². The lowest BCUT2D eigenvalue weighted by Gasteiger charge is -2.12. The number of para-hydroxylation sites is 1. The average molecular weight is 345 g/mol. The van der Waals surface area contributed by atoms with Crippen molar-refractivity contribution in [2.75, 3.05) is 18.5 Å². The lowest BCUT2D eigenvalue weighted by atomic mass is 10.1. The molecule has 1 amide bonds. The smallest absolute Gasteiger partial charge is 0.311 e. The molecule has 1 unspecified atom stereocenters. The van der Waals surface area contributed by atoms with Crippen LogP contribution in [0.5, 0.6) is 5.75 Å². The summed E-state index contributed by atoms with van der Waals surface area (Å²) in [6, 6.07) is 4.32. The summed E-state index contributed by atoms with van der Waals surface area (Å²) in [6.45, 7) is 4.43. The maximum absolute atomic E-state index is 12.1. The molecule has 0 aliphatic rings. The van der Waals surface area contributed by atoms with Crippen LogP contribution in [-0.4, -0.2) is 29.3 Å². The molecule has 7 heteroatoms. The number of carbonyl (C=O) groups is 1. The van der Waals surface area contributed by atoms with Crippen molar-refractivity contribution in [3.05, 3.63) is 33.9 Å². The van der Waals surface area contributed by atoms with Gasteiger partial charge in [0, 0.05) is 17.9 Å². The van der Waals surface area contributed by atoms with Crippen LogP contribution in [0.2, 0.25) is 0 Å². The number of halogens is 1. The molecule has 0 aliphatic carbocycles. The summed E-state index contributed by atoms with van der Waals surface area (Å²) in [6.07, 6.45) is 0. The lowest BCUT2D eigenvalue weighted by Crippen LogP contribution is -2.29. The number of hydrogen-bond donors (Lipinski definition) is 1. The van der Waals surface area contributed by atoms with Gasteiger partial charge in [-0.05, 0) is 18.9 Å². The summed E-state index contributed by atoms with van der Waals surface area (Å²) >= 11 is 3.33. The Morgan fingerprint density at radius 2 is 2.25 bits per heavy atom. The van der Waals surface area contributed by atoms with Gasteiger partial charge in [-0.25, -0.2) is 0 Å². The van der Waals surface area contributed by atoms with Gasteiger partial charge in [0.15, 0.2) is 0 Å². The first-order chi connectivity index (χ1) is 9.51. The highest BCUT2D eigenvalue weighted by Crippen LogP contribution is 2.30. The van der Waals surface area contributed by atoms with Gasteiger partial charge in [0.1, 0.15) is 0 Å². The number of amides is 1. The van der Waals surface area contributed by atoms with Crippen molar-refractivity contribution < 1.29 is 14.5 Å². The summed E-state index contributed by atoms with van der Waals surface area (Å²) in [5.74, 6) is -0.0814. The van der Waals surface area contributed by atoms with Gasteiger partial charge in [-0.15, -0.1) is 0 Å². The summed E-state index contributed by atoms with van der Waals surface area (Å²) in [4.78, 5) is 22.5. The Morgan fingerprint density at radius 1 is 1.55 bits per heavy atom. The molecule has 0 saturated heterocycles. The largest absolute Gasteiger partial charge is 0.487 e. The predicted octanol–water partition coefficient (Wildman–Crippen LogP) is 2.75. The minimum Gasteiger partial charge on any atom is -0.487 e. The van der Waals surface area contributed by atoms with Crippen LogP contribution in [0.25, 0.3) is 0 Å². The molecule has 0 aromatic heterocycles. The fraction of sp³-hybridized carbons (Fsp3) is 0.462. The molecule has 0 heterocycles. The highest BCUT2D eigenvalue weighted by Gasteiger charge is 2.22. The molecular formula is C13H17BrN2O4. The third-order valence-electron chi connectivity index (χ3n) is 2.60. The van der Waals surface area contributed by atoms with E-state index in [0.717, 1.165) is 5.33 Å². The Kier molecular flexibility index (Phi) is 6.44. The maximum atomic E-state index is 12.1. The molecule has 0 fully saturated rings. The molecule has 0 spiro atoms. The van der Waals surface area contributed by atoms with E-state index in [0.29, 0.717) is 6.54 Å². The zero-order valence-electron chi connectivity index (χ0n) is 11.4. The molecule has 20 heavy (non-hydrogen) atoms.